The summed E-state index contributed by atoms with van der Waals surface area (Å²) in [6, 6.07) is 9.11. The smallest absolute Gasteiger partial charge is 0.229 e. The summed E-state index contributed by atoms with van der Waals surface area (Å²) in [6.07, 6.45) is 2.12. The SMILES string of the molecule is CCNCCC(C)C(Oc1ccc(NS(C)(=O)=O)cc1)c1ccsc1. The van der Waals surface area contributed by atoms with Gasteiger partial charge >= 0.3 is 0 Å². The van der Waals surface area contributed by atoms with E-state index in [0.717, 1.165) is 31.5 Å². The van der Waals surface area contributed by atoms with E-state index in [1.807, 2.05) is 0 Å². The minimum Gasteiger partial charge on any atom is -0.485 e. The molecule has 0 radical (unpaired) electrons. The van der Waals surface area contributed by atoms with E-state index in [0.29, 0.717) is 11.6 Å². The first-order chi connectivity index (χ1) is 11.9. The van der Waals surface area contributed by atoms with Crippen LogP contribution in [0.2, 0.25) is 0 Å². The summed E-state index contributed by atoms with van der Waals surface area (Å²) in [5, 5.41) is 7.53. The van der Waals surface area contributed by atoms with Gasteiger partial charge in [0, 0.05) is 11.3 Å². The minimum absolute atomic E-state index is 0.0291. The second kappa shape index (κ2) is 9.22. The fourth-order valence-electron chi connectivity index (χ4n) is 2.57. The van der Waals surface area contributed by atoms with Gasteiger partial charge in [0.2, 0.25) is 10.0 Å². The Morgan fingerprint density at radius 3 is 2.48 bits per heavy atom. The molecule has 0 fully saturated rings. The topological polar surface area (TPSA) is 67.4 Å². The molecule has 0 spiro atoms. The van der Waals surface area contributed by atoms with E-state index in [9.17, 15) is 8.42 Å². The number of anilines is 1. The third-order valence-electron chi connectivity index (χ3n) is 3.84. The number of hydrogen-bond acceptors (Lipinski definition) is 5. The summed E-state index contributed by atoms with van der Waals surface area (Å²) in [7, 11) is -3.27. The van der Waals surface area contributed by atoms with Gasteiger partial charge in [-0.1, -0.05) is 13.8 Å². The maximum absolute atomic E-state index is 11.3. The van der Waals surface area contributed by atoms with Gasteiger partial charge in [0.05, 0.1) is 6.26 Å². The Balaban J connectivity index is 2.08. The quantitative estimate of drug-likeness (QED) is 0.612. The zero-order valence-corrected chi connectivity index (χ0v) is 16.5. The Morgan fingerprint density at radius 1 is 1.20 bits per heavy atom. The molecular weight excluding hydrogens is 356 g/mol. The van der Waals surface area contributed by atoms with E-state index >= 15 is 0 Å². The molecule has 2 atom stereocenters. The summed E-state index contributed by atoms with van der Waals surface area (Å²) in [6.45, 7) is 6.22. The van der Waals surface area contributed by atoms with Crippen LogP contribution in [-0.2, 0) is 10.0 Å². The van der Waals surface area contributed by atoms with Crippen LogP contribution in [-0.4, -0.2) is 27.8 Å². The molecule has 0 aliphatic rings. The van der Waals surface area contributed by atoms with Gasteiger partial charge in [-0.2, -0.15) is 11.3 Å². The van der Waals surface area contributed by atoms with Crippen molar-refractivity contribution >= 4 is 27.0 Å². The Kier molecular flexibility index (Phi) is 7.28. The fourth-order valence-corrected chi connectivity index (χ4v) is 3.82. The number of benzene rings is 1. The maximum atomic E-state index is 11.3. The van der Waals surface area contributed by atoms with Gasteiger partial charge in [-0.05, 0) is 66.5 Å². The van der Waals surface area contributed by atoms with Crippen molar-refractivity contribution in [2.45, 2.75) is 26.4 Å². The highest BCUT2D eigenvalue weighted by atomic mass is 32.2. The van der Waals surface area contributed by atoms with Crippen LogP contribution in [0.5, 0.6) is 5.75 Å². The number of hydrogen-bond donors (Lipinski definition) is 2. The highest BCUT2D eigenvalue weighted by Crippen LogP contribution is 2.32. The molecule has 2 rings (SSSR count). The lowest BCUT2D eigenvalue weighted by molar-refractivity contribution is 0.139. The molecule has 5 nitrogen and oxygen atoms in total. The van der Waals surface area contributed by atoms with Crippen LogP contribution >= 0.6 is 11.3 Å². The molecule has 138 valence electrons. The third-order valence-corrected chi connectivity index (χ3v) is 5.14. The molecule has 1 aromatic heterocycles. The van der Waals surface area contributed by atoms with E-state index in [-0.39, 0.29) is 6.10 Å². The zero-order chi connectivity index (χ0) is 18.3. The molecule has 1 heterocycles. The predicted molar refractivity (Wildman–Crippen MR) is 105 cm³/mol. The second-order valence-electron chi connectivity index (χ2n) is 6.11. The van der Waals surface area contributed by atoms with Gasteiger partial charge in [0.15, 0.2) is 0 Å². The summed E-state index contributed by atoms with van der Waals surface area (Å²) in [5.74, 6) is 1.08. The van der Waals surface area contributed by atoms with Gasteiger partial charge in [-0.3, -0.25) is 4.72 Å². The predicted octanol–water partition coefficient (Wildman–Crippen LogP) is 3.88. The monoisotopic (exact) mass is 382 g/mol. The Labute approximate surface area is 154 Å². The maximum Gasteiger partial charge on any atom is 0.229 e. The van der Waals surface area contributed by atoms with E-state index < -0.39 is 10.0 Å². The van der Waals surface area contributed by atoms with Crippen molar-refractivity contribution < 1.29 is 13.2 Å². The lowest BCUT2D eigenvalue weighted by Crippen LogP contribution is -2.22. The molecule has 2 aromatic rings. The highest BCUT2D eigenvalue weighted by Gasteiger charge is 2.21. The first-order valence-corrected chi connectivity index (χ1v) is 11.2. The number of thiophene rings is 1. The van der Waals surface area contributed by atoms with Crippen molar-refractivity contribution in [2.75, 3.05) is 24.1 Å². The van der Waals surface area contributed by atoms with Gasteiger partial charge in [-0.25, -0.2) is 8.42 Å². The first-order valence-electron chi connectivity index (χ1n) is 8.36. The molecular formula is C18H26N2O3S2. The highest BCUT2D eigenvalue weighted by molar-refractivity contribution is 7.92. The standard InChI is InChI=1S/C18H26N2O3S2/c1-4-19-11-9-14(2)18(15-10-12-24-13-15)23-17-7-5-16(6-8-17)20-25(3,21)22/h5-8,10,12-14,18-20H,4,9,11H2,1-3H3. The van der Waals surface area contributed by atoms with Crippen molar-refractivity contribution in [2.24, 2.45) is 5.92 Å². The molecule has 0 amide bonds. The van der Waals surface area contributed by atoms with Crippen LogP contribution in [0, 0.1) is 5.92 Å². The Bertz CT molecular complexity index is 728. The summed E-state index contributed by atoms with van der Waals surface area (Å²) < 4.78 is 31.3. The van der Waals surface area contributed by atoms with Crippen molar-refractivity contribution in [3.8, 4) is 5.75 Å². The van der Waals surface area contributed by atoms with Gasteiger partial charge in [-0.15, -0.1) is 0 Å². The average Bonchev–Trinajstić information content (AvgIpc) is 3.07. The van der Waals surface area contributed by atoms with Crippen LogP contribution < -0.4 is 14.8 Å². The van der Waals surface area contributed by atoms with Gasteiger partial charge < -0.3 is 10.1 Å². The van der Waals surface area contributed by atoms with E-state index in [2.05, 4.69) is 40.7 Å². The lowest BCUT2D eigenvalue weighted by atomic mass is 9.96. The summed E-state index contributed by atoms with van der Waals surface area (Å²) in [4.78, 5) is 0. The molecule has 7 heteroatoms. The average molecular weight is 383 g/mol. The van der Waals surface area contributed by atoms with Crippen LogP contribution in [0.1, 0.15) is 31.9 Å². The van der Waals surface area contributed by atoms with Gasteiger partial charge in [0.25, 0.3) is 0 Å². The molecule has 0 aliphatic heterocycles. The fraction of sp³-hybridized carbons (Fsp3) is 0.444. The number of rotatable bonds is 10. The number of ether oxygens (including phenoxy) is 1. The molecule has 25 heavy (non-hydrogen) atoms. The molecule has 0 saturated heterocycles. The van der Waals surface area contributed by atoms with E-state index in [4.69, 9.17) is 4.74 Å². The van der Waals surface area contributed by atoms with Gasteiger partial charge in [0.1, 0.15) is 11.9 Å². The van der Waals surface area contributed by atoms with Crippen LogP contribution in [0.3, 0.4) is 0 Å². The van der Waals surface area contributed by atoms with Crippen LogP contribution in [0.15, 0.2) is 41.1 Å². The third kappa shape index (κ3) is 6.68. The first kappa shape index (κ1) is 19.8. The summed E-state index contributed by atoms with van der Waals surface area (Å²) in [5.41, 5.74) is 1.70. The molecule has 0 bridgehead atoms. The number of sulfonamides is 1. The largest absolute Gasteiger partial charge is 0.485 e. The normalized spacial score (nSPS) is 14.0. The Morgan fingerprint density at radius 2 is 1.92 bits per heavy atom. The molecule has 0 saturated carbocycles. The van der Waals surface area contributed by atoms with E-state index in [1.165, 1.54) is 5.56 Å². The summed E-state index contributed by atoms with van der Waals surface area (Å²) >= 11 is 1.66. The minimum atomic E-state index is -3.27. The van der Waals surface area contributed by atoms with Crippen LogP contribution in [0.25, 0.3) is 0 Å². The van der Waals surface area contributed by atoms with Crippen LogP contribution in [0.4, 0.5) is 5.69 Å². The molecule has 0 aliphatic carbocycles. The van der Waals surface area contributed by atoms with E-state index in [1.54, 1.807) is 35.6 Å². The Hall–Kier alpha value is -1.57. The van der Waals surface area contributed by atoms with Crippen molar-refractivity contribution in [1.29, 1.82) is 0 Å². The molecule has 2 N–H and O–H groups in total. The zero-order valence-electron chi connectivity index (χ0n) is 14.9. The molecule has 2 unspecified atom stereocenters. The number of nitrogens with one attached hydrogen (secondary N) is 2. The van der Waals surface area contributed by atoms with Crippen molar-refractivity contribution in [3.05, 3.63) is 46.7 Å². The van der Waals surface area contributed by atoms with Crippen molar-refractivity contribution in [3.63, 3.8) is 0 Å². The lowest BCUT2D eigenvalue weighted by Gasteiger charge is -2.25. The second-order valence-corrected chi connectivity index (χ2v) is 8.64. The van der Waals surface area contributed by atoms with Crippen molar-refractivity contribution in [1.82, 2.24) is 5.32 Å². The molecule has 1 aromatic carbocycles.